The lowest BCUT2D eigenvalue weighted by atomic mass is 9.68. The minimum atomic E-state index is -0.806. The SMILES string of the molecule is O=C1C[C@]2(C(=O)O)C[C@H]3C[C@H]2[C@H](O1)[C@@H]3I. The minimum absolute atomic E-state index is 0.0552. The van der Waals surface area contributed by atoms with Gasteiger partial charge in [-0.15, -0.1) is 0 Å². The summed E-state index contributed by atoms with van der Waals surface area (Å²) in [6.45, 7) is 0. The first-order valence-corrected chi connectivity index (χ1v) is 6.36. The molecule has 2 saturated carbocycles. The summed E-state index contributed by atoms with van der Waals surface area (Å²) in [7, 11) is 0. The van der Waals surface area contributed by atoms with Gasteiger partial charge in [0, 0.05) is 5.92 Å². The molecule has 4 nitrogen and oxygen atoms in total. The maximum Gasteiger partial charge on any atom is 0.310 e. The van der Waals surface area contributed by atoms with E-state index >= 15 is 0 Å². The number of halogens is 1. The largest absolute Gasteiger partial charge is 0.481 e. The topological polar surface area (TPSA) is 63.6 Å². The molecule has 5 atom stereocenters. The molecule has 0 aromatic rings. The Labute approximate surface area is 100 Å². The molecule has 1 aliphatic heterocycles. The Kier molecular flexibility index (Phi) is 1.88. The highest BCUT2D eigenvalue weighted by Gasteiger charge is 2.67. The van der Waals surface area contributed by atoms with Crippen LogP contribution in [0.5, 0.6) is 0 Å². The van der Waals surface area contributed by atoms with Gasteiger partial charge in [0.25, 0.3) is 0 Å². The van der Waals surface area contributed by atoms with Crippen molar-refractivity contribution < 1.29 is 19.4 Å². The fraction of sp³-hybridized carbons (Fsp3) is 0.800. The molecule has 1 saturated heterocycles. The van der Waals surface area contributed by atoms with Crippen LogP contribution in [0.25, 0.3) is 0 Å². The van der Waals surface area contributed by atoms with Gasteiger partial charge in [-0.2, -0.15) is 0 Å². The van der Waals surface area contributed by atoms with Gasteiger partial charge in [-0.1, -0.05) is 22.6 Å². The van der Waals surface area contributed by atoms with Crippen LogP contribution in [0.1, 0.15) is 19.3 Å². The van der Waals surface area contributed by atoms with Gasteiger partial charge in [0.15, 0.2) is 0 Å². The molecule has 0 radical (unpaired) electrons. The van der Waals surface area contributed by atoms with E-state index in [1.165, 1.54) is 0 Å². The lowest BCUT2D eigenvalue weighted by Crippen LogP contribution is -2.53. The lowest BCUT2D eigenvalue weighted by Gasteiger charge is -2.43. The Hall–Kier alpha value is -0.330. The number of alkyl halides is 1. The van der Waals surface area contributed by atoms with Gasteiger partial charge in [-0.05, 0) is 18.8 Å². The summed E-state index contributed by atoms with van der Waals surface area (Å²) >= 11 is 2.30. The number of hydrogen-bond acceptors (Lipinski definition) is 3. The third-order valence-electron chi connectivity index (χ3n) is 4.21. The maximum absolute atomic E-state index is 11.4. The molecule has 82 valence electrons. The van der Waals surface area contributed by atoms with Crippen molar-refractivity contribution in [2.45, 2.75) is 29.3 Å². The zero-order chi connectivity index (χ0) is 10.8. The smallest absolute Gasteiger partial charge is 0.310 e. The Balaban J connectivity index is 2.04. The van der Waals surface area contributed by atoms with Crippen molar-refractivity contribution in [1.29, 1.82) is 0 Å². The summed E-state index contributed by atoms with van der Waals surface area (Å²) in [4.78, 5) is 22.8. The standard InChI is InChI=1S/C10H11IO4/c11-7-4-1-5-8(7)15-6(12)3-10(5,2-4)9(13)14/h4-5,7-8H,1-3H2,(H,13,14)/t4-,5+,7-,8+,10-/m1/s1. The minimum Gasteiger partial charge on any atom is -0.481 e. The van der Waals surface area contributed by atoms with Gasteiger partial charge in [0.05, 0.1) is 15.8 Å². The third-order valence-corrected chi connectivity index (χ3v) is 5.93. The van der Waals surface area contributed by atoms with E-state index < -0.39 is 11.4 Å². The fourth-order valence-electron chi connectivity index (χ4n) is 3.56. The zero-order valence-electron chi connectivity index (χ0n) is 7.98. The highest BCUT2D eigenvalue weighted by atomic mass is 127. The van der Waals surface area contributed by atoms with E-state index in [9.17, 15) is 14.7 Å². The molecular weight excluding hydrogens is 311 g/mol. The number of carbonyl (C=O) groups excluding carboxylic acids is 1. The van der Waals surface area contributed by atoms with Gasteiger partial charge < -0.3 is 9.84 Å². The van der Waals surface area contributed by atoms with Crippen LogP contribution in [-0.4, -0.2) is 27.1 Å². The molecular formula is C10H11IO4. The quantitative estimate of drug-likeness (QED) is 0.448. The van der Waals surface area contributed by atoms with E-state index in [1.54, 1.807) is 0 Å². The van der Waals surface area contributed by atoms with Crippen molar-refractivity contribution in [1.82, 2.24) is 0 Å². The summed E-state index contributed by atoms with van der Waals surface area (Å²) in [5, 5.41) is 9.33. The van der Waals surface area contributed by atoms with E-state index in [4.69, 9.17) is 4.74 Å². The van der Waals surface area contributed by atoms with Crippen LogP contribution in [0.15, 0.2) is 0 Å². The summed E-state index contributed by atoms with van der Waals surface area (Å²) in [5.41, 5.74) is -0.799. The summed E-state index contributed by atoms with van der Waals surface area (Å²) in [6, 6.07) is 0. The summed E-state index contributed by atoms with van der Waals surface area (Å²) < 4.78 is 5.60. The second-order valence-electron chi connectivity index (χ2n) is 4.84. The first-order valence-electron chi connectivity index (χ1n) is 5.11. The first-order chi connectivity index (χ1) is 7.04. The van der Waals surface area contributed by atoms with Crippen molar-refractivity contribution in [2.24, 2.45) is 17.3 Å². The van der Waals surface area contributed by atoms with E-state index in [1.807, 2.05) is 0 Å². The van der Waals surface area contributed by atoms with Crippen molar-refractivity contribution in [3.63, 3.8) is 0 Å². The molecule has 15 heavy (non-hydrogen) atoms. The van der Waals surface area contributed by atoms with E-state index in [0.29, 0.717) is 16.3 Å². The number of esters is 1. The maximum atomic E-state index is 11.4. The molecule has 5 heteroatoms. The van der Waals surface area contributed by atoms with Crippen molar-refractivity contribution in [3.8, 4) is 0 Å². The lowest BCUT2D eigenvalue weighted by molar-refractivity contribution is -0.182. The van der Waals surface area contributed by atoms with Crippen molar-refractivity contribution in [3.05, 3.63) is 0 Å². The van der Waals surface area contributed by atoms with Crippen LogP contribution < -0.4 is 0 Å². The second-order valence-corrected chi connectivity index (χ2v) is 6.28. The molecule has 2 bridgehead atoms. The van der Waals surface area contributed by atoms with Crippen LogP contribution in [0.3, 0.4) is 0 Å². The Morgan fingerprint density at radius 3 is 2.93 bits per heavy atom. The number of carboxylic acids is 1. The van der Waals surface area contributed by atoms with Gasteiger partial charge in [-0.3, -0.25) is 9.59 Å². The molecule has 2 aliphatic carbocycles. The molecule has 3 aliphatic rings. The number of ether oxygens (including phenoxy) is 1. The zero-order valence-corrected chi connectivity index (χ0v) is 10.1. The van der Waals surface area contributed by atoms with Crippen molar-refractivity contribution in [2.75, 3.05) is 0 Å². The van der Waals surface area contributed by atoms with E-state index in [0.717, 1.165) is 6.42 Å². The predicted molar refractivity (Wildman–Crippen MR) is 58.6 cm³/mol. The highest BCUT2D eigenvalue weighted by Crippen LogP contribution is 2.62. The number of rotatable bonds is 1. The first kappa shape index (κ1) is 9.86. The van der Waals surface area contributed by atoms with Crippen LogP contribution in [-0.2, 0) is 14.3 Å². The molecule has 0 aromatic carbocycles. The van der Waals surface area contributed by atoms with Gasteiger partial charge in [0.1, 0.15) is 6.10 Å². The molecule has 0 unspecified atom stereocenters. The van der Waals surface area contributed by atoms with Gasteiger partial charge >= 0.3 is 11.9 Å². The van der Waals surface area contributed by atoms with Crippen molar-refractivity contribution >= 4 is 34.5 Å². The molecule has 1 N–H and O–H groups in total. The number of carboxylic acid groups (broad SMARTS) is 1. The molecule has 1 heterocycles. The second kappa shape index (κ2) is 2.87. The van der Waals surface area contributed by atoms with Gasteiger partial charge in [-0.25, -0.2) is 0 Å². The normalized spacial score (nSPS) is 51.7. The molecule has 0 spiro atoms. The predicted octanol–water partition coefficient (Wildman–Crippen LogP) is 1.22. The Morgan fingerprint density at radius 2 is 2.33 bits per heavy atom. The van der Waals surface area contributed by atoms with Crippen LogP contribution in [0.2, 0.25) is 0 Å². The van der Waals surface area contributed by atoms with Crippen LogP contribution >= 0.6 is 22.6 Å². The van der Waals surface area contributed by atoms with Crippen LogP contribution in [0.4, 0.5) is 0 Å². The van der Waals surface area contributed by atoms with Gasteiger partial charge in [0.2, 0.25) is 0 Å². The number of aliphatic carboxylic acids is 1. The molecule has 3 rings (SSSR count). The summed E-state index contributed by atoms with van der Waals surface area (Å²) in [6.07, 6.45) is 1.50. The van der Waals surface area contributed by atoms with Crippen LogP contribution in [0, 0.1) is 17.3 Å². The number of hydrogen-bond donors (Lipinski definition) is 1. The molecule has 0 aromatic heterocycles. The average molecular weight is 322 g/mol. The summed E-state index contributed by atoms with van der Waals surface area (Å²) in [5.74, 6) is -0.662. The van der Waals surface area contributed by atoms with E-state index in [2.05, 4.69) is 22.6 Å². The molecule has 0 amide bonds. The fourth-order valence-corrected chi connectivity index (χ4v) is 4.75. The number of carbonyl (C=O) groups is 2. The third kappa shape index (κ3) is 1.07. The average Bonchev–Trinajstić information content (AvgIpc) is 2.66. The monoisotopic (exact) mass is 322 g/mol. The Morgan fingerprint density at radius 1 is 1.60 bits per heavy atom. The highest BCUT2D eigenvalue weighted by molar-refractivity contribution is 14.1. The van der Waals surface area contributed by atoms with E-state index in [-0.39, 0.29) is 24.4 Å². The molecule has 3 fully saturated rings. The number of fused-ring (bicyclic) bond motifs is 1. The Bertz CT molecular complexity index is 355.